The lowest BCUT2D eigenvalue weighted by Gasteiger charge is -2.36. The molecule has 2 aliphatic rings. The second-order valence-corrected chi connectivity index (χ2v) is 9.32. The van der Waals surface area contributed by atoms with Crippen LogP contribution in [-0.4, -0.2) is 46.2 Å². The summed E-state index contributed by atoms with van der Waals surface area (Å²) in [5, 5.41) is 13.7. The third-order valence-electron chi connectivity index (χ3n) is 6.49. The number of hydrogen-bond acceptors (Lipinski definition) is 4. The van der Waals surface area contributed by atoms with Gasteiger partial charge < -0.3 is 10.4 Å². The van der Waals surface area contributed by atoms with Gasteiger partial charge in [0.25, 0.3) is 0 Å². The number of halogens is 1. The van der Waals surface area contributed by atoms with Crippen LogP contribution in [0.3, 0.4) is 0 Å². The summed E-state index contributed by atoms with van der Waals surface area (Å²) in [7, 11) is 0. The van der Waals surface area contributed by atoms with E-state index < -0.39 is 6.23 Å². The first-order chi connectivity index (χ1) is 14.9. The van der Waals surface area contributed by atoms with Crippen LogP contribution in [0.5, 0.6) is 0 Å². The maximum atomic E-state index is 12.8. The van der Waals surface area contributed by atoms with Crippen LogP contribution in [0.1, 0.15) is 48.4 Å². The Bertz CT molecular complexity index is 946. The Morgan fingerprint density at radius 3 is 2.81 bits per heavy atom. The van der Waals surface area contributed by atoms with E-state index in [-0.39, 0.29) is 11.9 Å². The summed E-state index contributed by atoms with van der Waals surface area (Å²) < 4.78 is 0. The fourth-order valence-corrected chi connectivity index (χ4v) is 5.02. The average Bonchev–Trinajstić information content (AvgIpc) is 2.75. The monoisotopic (exact) mass is 441 g/mol. The number of aliphatic hydroxyl groups is 1. The minimum absolute atomic E-state index is 0.0765. The normalized spacial score (nSPS) is 20.8. The second-order valence-electron chi connectivity index (χ2n) is 8.91. The van der Waals surface area contributed by atoms with E-state index in [0.717, 1.165) is 57.4 Å². The molecule has 31 heavy (non-hydrogen) atoms. The Morgan fingerprint density at radius 2 is 2.03 bits per heavy atom. The maximum absolute atomic E-state index is 12.8. The Balaban J connectivity index is 1.40. The van der Waals surface area contributed by atoms with Crippen molar-refractivity contribution in [1.82, 2.24) is 9.80 Å². The zero-order valence-electron chi connectivity index (χ0n) is 18.4. The molecule has 1 fully saturated rings. The molecule has 6 heteroatoms. The number of amides is 1. The number of carbonyl (C=O) groups is 1. The molecule has 0 radical (unpaired) electrons. The summed E-state index contributed by atoms with van der Waals surface area (Å²) in [5.41, 5.74) is 5.92. The predicted molar refractivity (Wildman–Crippen MR) is 125 cm³/mol. The fourth-order valence-electron chi connectivity index (χ4n) is 4.78. The lowest BCUT2D eigenvalue weighted by molar-refractivity contribution is -0.128. The highest BCUT2D eigenvalue weighted by atomic mass is 35.5. The number of rotatable bonds is 5. The van der Waals surface area contributed by atoms with E-state index in [2.05, 4.69) is 35.3 Å². The zero-order chi connectivity index (χ0) is 22.0. The van der Waals surface area contributed by atoms with Crippen molar-refractivity contribution in [1.29, 1.82) is 0 Å². The first-order valence-electron chi connectivity index (χ1n) is 11.2. The van der Waals surface area contributed by atoms with Gasteiger partial charge in [0.1, 0.15) is 6.23 Å². The first-order valence-corrected chi connectivity index (χ1v) is 11.6. The number of nitrogens with one attached hydrogen (secondary N) is 1. The van der Waals surface area contributed by atoms with Gasteiger partial charge in [-0.2, -0.15) is 0 Å². The van der Waals surface area contributed by atoms with Crippen LogP contribution in [0.25, 0.3) is 0 Å². The van der Waals surface area contributed by atoms with Crippen molar-refractivity contribution >= 4 is 23.2 Å². The van der Waals surface area contributed by atoms with Crippen LogP contribution in [0, 0.1) is 6.92 Å². The molecule has 4 rings (SSSR count). The molecule has 0 aliphatic carbocycles. The van der Waals surface area contributed by atoms with E-state index in [1.54, 1.807) is 6.92 Å². The van der Waals surface area contributed by atoms with E-state index in [9.17, 15) is 9.90 Å². The smallest absolute Gasteiger partial charge is 0.241 e. The second kappa shape index (κ2) is 9.70. The number of likely N-dealkylation sites (tertiary alicyclic amines) is 1. The molecule has 2 aromatic rings. The van der Waals surface area contributed by atoms with Crippen LogP contribution in [0.2, 0.25) is 5.02 Å². The van der Waals surface area contributed by atoms with Gasteiger partial charge in [-0.1, -0.05) is 47.9 Å². The van der Waals surface area contributed by atoms with E-state index in [1.165, 1.54) is 16.7 Å². The largest absolute Gasteiger partial charge is 0.379 e. The van der Waals surface area contributed by atoms with Gasteiger partial charge in [0.15, 0.2) is 0 Å². The number of piperidine rings is 1. The van der Waals surface area contributed by atoms with Gasteiger partial charge in [-0.05, 0) is 61.9 Å². The highest BCUT2D eigenvalue weighted by molar-refractivity contribution is 6.31. The van der Waals surface area contributed by atoms with Crippen LogP contribution in [0.4, 0.5) is 5.69 Å². The Kier molecular flexibility index (Phi) is 6.97. The van der Waals surface area contributed by atoms with Crippen LogP contribution in [-0.2, 0) is 24.3 Å². The predicted octanol–water partition coefficient (Wildman–Crippen LogP) is 4.34. The molecule has 1 saturated heterocycles. The molecule has 166 valence electrons. The average molecular weight is 442 g/mol. The molecule has 1 amide bonds. The number of aryl methyl sites for hydroxylation is 1. The molecule has 5 nitrogen and oxygen atoms in total. The number of fused-ring (bicyclic) bond motifs is 1. The molecule has 2 aromatic carbocycles. The van der Waals surface area contributed by atoms with Gasteiger partial charge in [-0.15, -0.1) is 0 Å². The molecular formula is C25H32ClN3O2. The summed E-state index contributed by atoms with van der Waals surface area (Å²) in [6.45, 7) is 7.34. The Morgan fingerprint density at radius 1 is 1.19 bits per heavy atom. The third kappa shape index (κ3) is 5.29. The molecule has 0 aromatic heterocycles. The van der Waals surface area contributed by atoms with Gasteiger partial charge in [-0.25, -0.2) is 0 Å². The molecule has 2 aliphatic heterocycles. The molecular weight excluding hydrogens is 410 g/mol. The van der Waals surface area contributed by atoms with Crippen molar-refractivity contribution in [2.75, 3.05) is 18.4 Å². The van der Waals surface area contributed by atoms with Crippen molar-refractivity contribution in [2.45, 2.75) is 64.9 Å². The van der Waals surface area contributed by atoms with Crippen molar-refractivity contribution in [3.05, 3.63) is 63.7 Å². The summed E-state index contributed by atoms with van der Waals surface area (Å²) in [6.07, 6.45) is 3.21. The van der Waals surface area contributed by atoms with Crippen molar-refractivity contribution in [3.63, 3.8) is 0 Å². The van der Waals surface area contributed by atoms with Crippen LogP contribution >= 0.6 is 11.6 Å². The quantitative estimate of drug-likeness (QED) is 0.724. The van der Waals surface area contributed by atoms with E-state index in [0.29, 0.717) is 10.7 Å². The number of nitrogens with zero attached hydrogens (tertiary/aromatic N) is 2. The molecule has 0 spiro atoms. The first kappa shape index (κ1) is 22.3. The highest BCUT2D eigenvalue weighted by Crippen LogP contribution is 2.27. The maximum Gasteiger partial charge on any atom is 0.241 e. The standard InChI is InChI=1S/C25H32ClN3O2/c1-17-6-7-19-10-12-28(16-21(19)13-17)15-20-8-9-22(14-23(20)26)27-25(31)24-5-3-4-11-29(24)18(2)30/h6-9,13-14,18,24,30H,3-5,10-12,15-16H2,1-2H3,(H,27,31)/t18?,24-/m1/s1. The summed E-state index contributed by atoms with van der Waals surface area (Å²) >= 11 is 6.59. The molecule has 0 bridgehead atoms. The number of carbonyl (C=O) groups excluding carboxylic acids is 1. The van der Waals surface area contributed by atoms with Gasteiger partial charge in [0.2, 0.25) is 5.91 Å². The van der Waals surface area contributed by atoms with Crippen LogP contribution < -0.4 is 5.32 Å². The summed E-state index contributed by atoms with van der Waals surface area (Å²) in [6, 6.07) is 12.2. The number of anilines is 1. The van der Waals surface area contributed by atoms with E-state index in [4.69, 9.17) is 11.6 Å². The van der Waals surface area contributed by atoms with Crippen molar-refractivity contribution in [2.24, 2.45) is 0 Å². The van der Waals surface area contributed by atoms with Crippen molar-refractivity contribution < 1.29 is 9.90 Å². The molecule has 2 N–H and O–H groups in total. The number of benzene rings is 2. The van der Waals surface area contributed by atoms with Gasteiger partial charge >= 0.3 is 0 Å². The summed E-state index contributed by atoms with van der Waals surface area (Å²) in [5.74, 6) is -0.0765. The molecule has 1 unspecified atom stereocenters. The fraction of sp³-hybridized carbons (Fsp3) is 0.480. The SMILES string of the molecule is Cc1ccc2c(c1)CN(Cc1ccc(NC(=O)[C@H]3CCCCN3C(C)O)cc1Cl)CC2. The lowest BCUT2D eigenvalue weighted by atomic mass is 9.97. The Labute approximate surface area is 190 Å². The number of hydrogen-bond donors (Lipinski definition) is 2. The van der Waals surface area contributed by atoms with Gasteiger partial charge in [0, 0.05) is 36.9 Å². The number of aliphatic hydroxyl groups excluding tert-OH is 1. The Hall–Kier alpha value is -1.92. The van der Waals surface area contributed by atoms with E-state index in [1.807, 2.05) is 23.1 Å². The van der Waals surface area contributed by atoms with Crippen LogP contribution in [0.15, 0.2) is 36.4 Å². The van der Waals surface area contributed by atoms with Gasteiger partial charge in [-0.3, -0.25) is 14.6 Å². The summed E-state index contributed by atoms with van der Waals surface area (Å²) in [4.78, 5) is 17.1. The lowest BCUT2D eigenvalue weighted by Crippen LogP contribution is -2.50. The van der Waals surface area contributed by atoms with E-state index >= 15 is 0 Å². The molecule has 2 atom stereocenters. The zero-order valence-corrected chi connectivity index (χ0v) is 19.2. The highest BCUT2D eigenvalue weighted by Gasteiger charge is 2.31. The minimum atomic E-state index is -0.625. The minimum Gasteiger partial charge on any atom is -0.379 e. The third-order valence-corrected chi connectivity index (χ3v) is 6.85. The molecule has 2 heterocycles. The topological polar surface area (TPSA) is 55.8 Å². The molecule has 0 saturated carbocycles. The van der Waals surface area contributed by atoms with Crippen molar-refractivity contribution in [3.8, 4) is 0 Å². The van der Waals surface area contributed by atoms with Gasteiger partial charge in [0.05, 0.1) is 6.04 Å².